The minimum absolute atomic E-state index is 0.637. The molecule has 0 aliphatic carbocycles. The summed E-state index contributed by atoms with van der Waals surface area (Å²) in [6.07, 6.45) is 5.70. The van der Waals surface area contributed by atoms with E-state index in [1.807, 2.05) is 31.2 Å². The van der Waals surface area contributed by atoms with Crippen LogP contribution in [0.4, 0.5) is 0 Å². The van der Waals surface area contributed by atoms with E-state index in [2.05, 4.69) is 9.88 Å². The molecule has 0 radical (unpaired) electrons. The third-order valence-electron chi connectivity index (χ3n) is 3.80. The van der Waals surface area contributed by atoms with Gasteiger partial charge >= 0.3 is 0 Å². The molecule has 1 aliphatic heterocycles. The molecule has 1 aromatic carbocycles. The Morgan fingerprint density at radius 2 is 2.00 bits per heavy atom. The van der Waals surface area contributed by atoms with Crippen LogP contribution in [0.15, 0.2) is 34.9 Å². The molecule has 0 N–H and O–H groups in total. The zero-order chi connectivity index (χ0) is 14.5. The van der Waals surface area contributed by atoms with Gasteiger partial charge in [0.1, 0.15) is 12.0 Å². The summed E-state index contributed by atoms with van der Waals surface area (Å²) >= 11 is 0. The van der Waals surface area contributed by atoms with Crippen molar-refractivity contribution in [3.05, 3.63) is 36.2 Å². The molecule has 0 atom stereocenters. The summed E-state index contributed by atoms with van der Waals surface area (Å²) in [5.41, 5.74) is 1.92. The topological polar surface area (TPSA) is 38.5 Å². The molecule has 0 spiro atoms. The summed E-state index contributed by atoms with van der Waals surface area (Å²) in [6, 6.07) is 7.88. The Labute approximate surface area is 125 Å². The van der Waals surface area contributed by atoms with E-state index in [0.29, 0.717) is 12.5 Å². The molecule has 1 aliphatic rings. The number of piperidine rings is 1. The number of aromatic nitrogens is 1. The first-order valence-electron chi connectivity index (χ1n) is 7.76. The molecule has 0 bridgehead atoms. The summed E-state index contributed by atoms with van der Waals surface area (Å²) in [4.78, 5) is 7.07. The Kier molecular flexibility index (Phi) is 4.55. The summed E-state index contributed by atoms with van der Waals surface area (Å²) in [6.45, 7) is 5.82. The highest BCUT2D eigenvalue weighted by atomic mass is 16.5. The summed E-state index contributed by atoms with van der Waals surface area (Å²) in [5.74, 6) is 1.47. The number of ether oxygens (including phenoxy) is 1. The maximum Gasteiger partial charge on any atom is 0.229 e. The SMILES string of the molecule is CCOc1ccccc1-c1nc(CN2CCCCC2)co1. The minimum Gasteiger partial charge on any atom is -0.493 e. The van der Waals surface area contributed by atoms with Gasteiger partial charge in [0, 0.05) is 6.54 Å². The zero-order valence-corrected chi connectivity index (χ0v) is 12.5. The maximum absolute atomic E-state index is 5.66. The first kappa shape index (κ1) is 14.1. The van der Waals surface area contributed by atoms with E-state index < -0.39 is 0 Å². The number of nitrogens with zero attached hydrogens (tertiary/aromatic N) is 2. The molecule has 21 heavy (non-hydrogen) atoms. The average molecular weight is 286 g/mol. The normalized spacial score (nSPS) is 16.0. The highest BCUT2D eigenvalue weighted by molar-refractivity contribution is 5.62. The number of rotatable bonds is 5. The van der Waals surface area contributed by atoms with Gasteiger partial charge in [-0.1, -0.05) is 18.6 Å². The van der Waals surface area contributed by atoms with Gasteiger partial charge < -0.3 is 9.15 Å². The van der Waals surface area contributed by atoms with E-state index in [0.717, 1.165) is 36.6 Å². The third-order valence-corrected chi connectivity index (χ3v) is 3.80. The van der Waals surface area contributed by atoms with E-state index in [9.17, 15) is 0 Å². The molecule has 1 fully saturated rings. The van der Waals surface area contributed by atoms with Crippen molar-refractivity contribution in [1.82, 2.24) is 9.88 Å². The standard InChI is InChI=1S/C17H22N2O2/c1-2-20-16-9-5-4-8-15(16)17-18-14(13-21-17)12-19-10-6-3-7-11-19/h4-5,8-9,13H,2-3,6-7,10-12H2,1H3. The average Bonchev–Trinajstić information content (AvgIpc) is 2.97. The van der Waals surface area contributed by atoms with E-state index in [1.165, 1.54) is 19.3 Å². The van der Waals surface area contributed by atoms with Gasteiger partial charge in [-0.15, -0.1) is 0 Å². The van der Waals surface area contributed by atoms with Crippen molar-refractivity contribution in [1.29, 1.82) is 0 Å². The van der Waals surface area contributed by atoms with Gasteiger partial charge in [0.25, 0.3) is 0 Å². The molecule has 1 saturated heterocycles. The van der Waals surface area contributed by atoms with Crippen LogP contribution < -0.4 is 4.74 Å². The molecular formula is C17H22N2O2. The first-order valence-corrected chi connectivity index (χ1v) is 7.76. The van der Waals surface area contributed by atoms with Crippen LogP contribution in [0.5, 0.6) is 5.75 Å². The maximum atomic E-state index is 5.66. The number of hydrogen-bond acceptors (Lipinski definition) is 4. The fourth-order valence-electron chi connectivity index (χ4n) is 2.77. The Morgan fingerprint density at radius 3 is 2.81 bits per heavy atom. The van der Waals surface area contributed by atoms with E-state index >= 15 is 0 Å². The molecule has 2 aromatic rings. The summed E-state index contributed by atoms with van der Waals surface area (Å²) in [5, 5.41) is 0. The fraction of sp³-hybridized carbons (Fsp3) is 0.471. The predicted octanol–water partition coefficient (Wildman–Crippen LogP) is 3.73. The van der Waals surface area contributed by atoms with Gasteiger partial charge in [-0.2, -0.15) is 0 Å². The molecule has 1 aromatic heterocycles. The van der Waals surface area contributed by atoms with Gasteiger partial charge in [0.05, 0.1) is 17.9 Å². The Balaban J connectivity index is 1.75. The smallest absolute Gasteiger partial charge is 0.229 e. The molecule has 4 heteroatoms. The minimum atomic E-state index is 0.637. The van der Waals surface area contributed by atoms with Crippen LogP contribution in [0.25, 0.3) is 11.5 Å². The number of para-hydroxylation sites is 1. The van der Waals surface area contributed by atoms with Crippen molar-refractivity contribution in [2.45, 2.75) is 32.7 Å². The highest BCUT2D eigenvalue weighted by Gasteiger charge is 2.15. The van der Waals surface area contributed by atoms with Crippen molar-refractivity contribution >= 4 is 0 Å². The molecule has 0 amide bonds. The van der Waals surface area contributed by atoms with Gasteiger partial charge in [-0.25, -0.2) is 4.98 Å². The van der Waals surface area contributed by atoms with Crippen molar-refractivity contribution in [2.75, 3.05) is 19.7 Å². The third kappa shape index (κ3) is 3.45. The van der Waals surface area contributed by atoms with Crippen LogP contribution >= 0.6 is 0 Å². The van der Waals surface area contributed by atoms with Crippen LogP contribution in [0, 0.1) is 0 Å². The monoisotopic (exact) mass is 286 g/mol. The second kappa shape index (κ2) is 6.76. The Bertz CT molecular complexity index is 574. The van der Waals surface area contributed by atoms with Crippen molar-refractivity contribution < 1.29 is 9.15 Å². The molecule has 0 unspecified atom stereocenters. The lowest BCUT2D eigenvalue weighted by Gasteiger charge is -2.25. The van der Waals surface area contributed by atoms with Gasteiger partial charge in [-0.3, -0.25) is 4.90 Å². The molecule has 3 rings (SSSR count). The lowest BCUT2D eigenvalue weighted by Crippen LogP contribution is -2.29. The Hall–Kier alpha value is -1.81. The molecule has 2 heterocycles. The second-order valence-corrected chi connectivity index (χ2v) is 5.41. The number of hydrogen-bond donors (Lipinski definition) is 0. The summed E-state index contributed by atoms with van der Waals surface area (Å²) < 4.78 is 11.3. The fourth-order valence-corrected chi connectivity index (χ4v) is 2.77. The number of likely N-dealkylation sites (tertiary alicyclic amines) is 1. The van der Waals surface area contributed by atoms with Crippen LogP contribution in [0.1, 0.15) is 31.9 Å². The van der Waals surface area contributed by atoms with Crippen molar-refractivity contribution in [3.63, 3.8) is 0 Å². The lowest BCUT2D eigenvalue weighted by molar-refractivity contribution is 0.218. The molecule has 112 valence electrons. The van der Waals surface area contributed by atoms with E-state index in [-0.39, 0.29) is 0 Å². The van der Waals surface area contributed by atoms with Gasteiger partial charge in [0.2, 0.25) is 5.89 Å². The lowest BCUT2D eigenvalue weighted by atomic mass is 10.1. The van der Waals surface area contributed by atoms with Crippen molar-refractivity contribution in [3.8, 4) is 17.2 Å². The van der Waals surface area contributed by atoms with E-state index in [1.54, 1.807) is 6.26 Å². The molecular weight excluding hydrogens is 264 g/mol. The van der Waals surface area contributed by atoms with Crippen molar-refractivity contribution in [2.24, 2.45) is 0 Å². The van der Waals surface area contributed by atoms with Crippen LogP contribution in [0.2, 0.25) is 0 Å². The summed E-state index contributed by atoms with van der Waals surface area (Å²) in [7, 11) is 0. The second-order valence-electron chi connectivity index (χ2n) is 5.41. The largest absolute Gasteiger partial charge is 0.493 e. The van der Waals surface area contributed by atoms with Crippen LogP contribution in [-0.2, 0) is 6.54 Å². The molecule has 4 nitrogen and oxygen atoms in total. The first-order chi connectivity index (χ1) is 10.4. The highest BCUT2D eigenvalue weighted by Crippen LogP contribution is 2.29. The quantitative estimate of drug-likeness (QED) is 0.839. The zero-order valence-electron chi connectivity index (χ0n) is 12.5. The van der Waals surface area contributed by atoms with Crippen LogP contribution in [-0.4, -0.2) is 29.6 Å². The number of benzene rings is 1. The van der Waals surface area contributed by atoms with Gasteiger partial charge in [-0.05, 0) is 45.0 Å². The predicted molar refractivity (Wildman–Crippen MR) is 82.2 cm³/mol. The van der Waals surface area contributed by atoms with E-state index in [4.69, 9.17) is 9.15 Å². The van der Waals surface area contributed by atoms with Crippen LogP contribution in [0.3, 0.4) is 0 Å². The molecule has 0 saturated carbocycles. The van der Waals surface area contributed by atoms with Gasteiger partial charge in [0.15, 0.2) is 0 Å². The Morgan fingerprint density at radius 1 is 1.19 bits per heavy atom. The number of oxazole rings is 1.